The third-order valence-electron chi connectivity index (χ3n) is 5.47. The molecule has 3 aromatic heterocycles. The molecule has 1 aliphatic carbocycles. The van der Waals surface area contributed by atoms with Crippen LogP contribution in [-0.2, 0) is 13.5 Å². The zero-order valence-electron chi connectivity index (χ0n) is 13.4. The molecule has 0 N–H and O–H groups in total. The Kier molecular flexibility index (Phi) is 2.98. The standard InChI is InChI=1S/C20H19NS2/c1-3-12-4-5-13-10-16-18(21(2)17-7-9-23-20(16)17)11-15(13)19-14(12)6-8-22-19/h6-12H,3-5H2,1-2H3. The van der Waals surface area contributed by atoms with E-state index in [9.17, 15) is 0 Å². The van der Waals surface area contributed by atoms with E-state index in [1.807, 2.05) is 22.7 Å². The number of hydrogen-bond donors (Lipinski definition) is 0. The molecule has 1 atom stereocenters. The molecule has 5 rings (SSSR count). The minimum Gasteiger partial charge on any atom is -0.343 e. The van der Waals surface area contributed by atoms with E-state index in [2.05, 4.69) is 53.6 Å². The van der Waals surface area contributed by atoms with Crippen LogP contribution >= 0.6 is 22.7 Å². The van der Waals surface area contributed by atoms with Crippen molar-refractivity contribution in [2.75, 3.05) is 0 Å². The maximum absolute atomic E-state index is 2.48. The van der Waals surface area contributed by atoms with E-state index < -0.39 is 0 Å². The lowest BCUT2D eigenvalue weighted by atomic mass is 9.94. The minimum atomic E-state index is 0.716. The minimum absolute atomic E-state index is 0.716. The van der Waals surface area contributed by atoms with Crippen LogP contribution in [0.15, 0.2) is 35.0 Å². The zero-order chi connectivity index (χ0) is 15.6. The van der Waals surface area contributed by atoms with Crippen molar-refractivity contribution in [3.8, 4) is 10.4 Å². The number of nitrogens with zero attached hydrogens (tertiary/aromatic N) is 1. The quantitative estimate of drug-likeness (QED) is 0.370. The first-order valence-electron chi connectivity index (χ1n) is 8.34. The summed E-state index contributed by atoms with van der Waals surface area (Å²) in [6, 6.07) is 9.53. The number of aromatic nitrogens is 1. The molecule has 0 radical (unpaired) electrons. The van der Waals surface area contributed by atoms with Crippen LogP contribution in [0.4, 0.5) is 0 Å². The molecule has 0 amide bonds. The van der Waals surface area contributed by atoms with E-state index >= 15 is 0 Å². The molecule has 116 valence electrons. The maximum atomic E-state index is 2.48. The molecule has 3 heteroatoms. The number of thiophene rings is 2. The van der Waals surface area contributed by atoms with Gasteiger partial charge in [0.1, 0.15) is 0 Å². The highest BCUT2D eigenvalue weighted by atomic mass is 32.1. The van der Waals surface area contributed by atoms with Crippen LogP contribution < -0.4 is 0 Å². The molecule has 4 aromatic rings. The molecule has 3 heterocycles. The molecule has 1 aliphatic rings. The summed E-state index contributed by atoms with van der Waals surface area (Å²) in [5, 5.41) is 5.92. The van der Waals surface area contributed by atoms with Crippen molar-refractivity contribution in [2.45, 2.75) is 32.1 Å². The predicted molar refractivity (Wildman–Crippen MR) is 103 cm³/mol. The first kappa shape index (κ1) is 13.8. The second kappa shape index (κ2) is 4.96. The number of hydrogen-bond acceptors (Lipinski definition) is 2. The van der Waals surface area contributed by atoms with Crippen molar-refractivity contribution in [1.29, 1.82) is 0 Å². The Morgan fingerprint density at radius 2 is 2.00 bits per heavy atom. The Hall–Kier alpha value is -1.58. The molecular formula is C20H19NS2. The molecule has 23 heavy (non-hydrogen) atoms. The van der Waals surface area contributed by atoms with Crippen LogP contribution in [0.1, 0.15) is 36.8 Å². The predicted octanol–water partition coefficient (Wildman–Crippen LogP) is 6.56. The van der Waals surface area contributed by atoms with Gasteiger partial charge in [-0.2, -0.15) is 0 Å². The van der Waals surface area contributed by atoms with Crippen molar-refractivity contribution in [2.24, 2.45) is 7.05 Å². The second-order valence-corrected chi connectivity index (χ2v) is 8.40. The largest absolute Gasteiger partial charge is 0.343 e. The molecule has 1 aromatic carbocycles. The summed E-state index contributed by atoms with van der Waals surface area (Å²) >= 11 is 3.78. The van der Waals surface area contributed by atoms with Crippen LogP contribution in [0.25, 0.3) is 31.6 Å². The fourth-order valence-electron chi connectivity index (χ4n) is 4.18. The summed E-state index contributed by atoms with van der Waals surface area (Å²) < 4.78 is 3.80. The molecule has 0 saturated heterocycles. The van der Waals surface area contributed by atoms with Gasteiger partial charge < -0.3 is 4.57 Å². The number of rotatable bonds is 1. The molecule has 0 fully saturated rings. The van der Waals surface area contributed by atoms with Gasteiger partial charge in [0.2, 0.25) is 0 Å². The van der Waals surface area contributed by atoms with Gasteiger partial charge in [-0.1, -0.05) is 6.92 Å². The van der Waals surface area contributed by atoms with Crippen LogP contribution in [0.2, 0.25) is 0 Å². The summed E-state index contributed by atoms with van der Waals surface area (Å²) in [6.45, 7) is 2.33. The molecule has 0 spiro atoms. The molecule has 1 unspecified atom stereocenters. The van der Waals surface area contributed by atoms with E-state index in [-0.39, 0.29) is 0 Å². The number of fused-ring (bicyclic) bond motifs is 6. The van der Waals surface area contributed by atoms with Gasteiger partial charge in [-0.3, -0.25) is 0 Å². The Labute approximate surface area is 144 Å². The van der Waals surface area contributed by atoms with Gasteiger partial charge in [0.15, 0.2) is 0 Å². The molecular weight excluding hydrogens is 318 g/mol. The van der Waals surface area contributed by atoms with Gasteiger partial charge >= 0.3 is 0 Å². The average molecular weight is 338 g/mol. The second-order valence-electron chi connectivity index (χ2n) is 6.57. The normalized spacial score (nSPS) is 17.4. The average Bonchev–Trinajstić information content (AvgIpc) is 3.25. The Bertz CT molecular complexity index is 1030. The lowest BCUT2D eigenvalue weighted by molar-refractivity contribution is 0.614. The lowest BCUT2D eigenvalue weighted by Crippen LogP contribution is -1.95. The van der Waals surface area contributed by atoms with Crippen molar-refractivity contribution < 1.29 is 0 Å². The van der Waals surface area contributed by atoms with Crippen molar-refractivity contribution in [3.63, 3.8) is 0 Å². The van der Waals surface area contributed by atoms with E-state index in [0.717, 1.165) is 0 Å². The highest BCUT2D eigenvalue weighted by molar-refractivity contribution is 7.18. The van der Waals surface area contributed by atoms with Gasteiger partial charge in [0, 0.05) is 17.3 Å². The first-order chi connectivity index (χ1) is 11.3. The molecule has 1 nitrogen and oxygen atoms in total. The fraction of sp³-hybridized carbons (Fsp3) is 0.300. The SMILES string of the molecule is CCC1CCc2cc3c4sccc4n(C)c3cc2-c2sccc21. The summed E-state index contributed by atoms with van der Waals surface area (Å²) in [5.41, 5.74) is 7.33. The van der Waals surface area contributed by atoms with Crippen molar-refractivity contribution in [3.05, 3.63) is 46.2 Å². The lowest BCUT2D eigenvalue weighted by Gasteiger charge is -2.11. The zero-order valence-corrected chi connectivity index (χ0v) is 15.1. The highest BCUT2D eigenvalue weighted by Crippen LogP contribution is 2.45. The third-order valence-corrected chi connectivity index (χ3v) is 7.37. The fourth-order valence-corrected chi connectivity index (χ4v) is 6.17. The molecule has 0 aliphatic heterocycles. The van der Waals surface area contributed by atoms with Gasteiger partial charge in [0.05, 0.1) is 15.7 Å². The maximum Gasteiger partial charge on any atom is 0.0600 e. The van der Waals surface area contributed by atoms with E-state index in [0.29, 0.717) is 5.92 Å². The summed E-state index contributed by atoms with van der Waals surface area (Å²) in [6.07, 6.45) is 3.72. The Balaban J connectivity index is 1.85. The number of aryl methyl sites for hydroxylation is 2. The Morgan fingerprint density at radius 3 is 2.87 bits per heavy atom. The van der Waals surface area contributed by atoms with Crippen molar-refractivity contribution in [1.82, 2.24) is 4.57 Å². The first-order valence-corrected chi connectivity index (χ1v) is 10.1. The molecule has 0 bridgehead atoms. The molecule has 0 saturated carbocycles. The number of benzene rings is 1. The summed E-state index contributed by atoms with van der Waals surface area (Å²) in [4.78, 5) is 1.51. The highest BCUT2D eigenvalue weighted by Gasteiger charge is 2.24. The summed E-state index contributed by atoms with van der Waals surface area (Å²) in [5.74, 6) is 0.716. The van der Waals surface area contributed by atoms with Crippen LogP contribution in [0.3, 0.4) is 0 Å². The van der Waals surface area contributed by atoms with Crippen LogP contribution in [0, 0.1) is 0 Å². The van der Waals surface area contributed by atoms with E-state index in [1.54, 1.807) is 5.56 Å². The summed E-state index contributed by atoms with van der Waals surface area (Å²) in [7, 11) is 2.20. The Morgan fingerprint density at radius 1 is 1.13 bits per heavy atom. The third kappa shape index (κ3) is 1.84. The van der Waals surface area contributed by atoms with E-state index in [1.165, 1.54) is 56.4 Å². The van der Waals surface area contributed by atoms with Crippen molar-refractivity contribution >= 4 is 43.8 Å². The van der Waals surface area contributed by atoms with Gasteiger partial charge in [-0.05, 0) is 76.9 Å². The van der Waals surface area contributed by atoms with E-state index in [4.69, 9.17) is 0 Å². The topological polar surface area (TPSA) is 4.93 Å². The van der Waals surface area contributed by atoms with Crippen LogP contribution in [0.5, 0.6) is 0 Å². The van der Waals surface area contributed by atoms with Gasteiger partial charge in [-0.15, -0.1) is 22.7 Å². The van der Waals surface area contributed by atoms with Gasteiger partial charge in [-0.25, -0.2) is 0 Å². The van der Waals surface area contributed by atoms with Crippen LogP contribution in [-0.4, -0.2) is 4.57 Å². The van der Waals surface area contributed by atoms with Gasteiger partial charge in [0.25, 0.3) is 0 Å². The smallest absolute Gasteiger partial charge is 0.0600 e. The monoisotopic (exact) mass is 337 g/mol.